The second kappa shape index (κ2) is 8.04. The van der Waals surface area contributed by atoms with E-state index in [1.165, 1.54) is 9.80 Å². The summed E-state index contributed by atoms with van der Waals surface area (Å²) in [7, 11) is 1.66. The van der Waals surface area contributed by atoms with Gasteiger partial charge >= 0.3 is 6.18 Å². The van der Waals surface area contributed by atoms with Crippen molar-refractivity contribution in [3.63, 3.8) is 0 Å². The Morgan fingerprint density at radius 3 is 2.46 bits per heavy atom. The van der Waals surface area contributed by atoms with Gasteiger partial charge in [0.25, 0.3) is 5.91 Å². The summed E-state index contributed by atoms with van der Waals surface area (Å²) in [6.45, 7) is 0.512. The number of nitrogens with one attached hydrogen (secondary N) is 1. The van der Waals surface area contributed by atoms with Crippen LogP contribution in [0.25, 0.3) is 0 Å². The number of rotatable bonds is 4. The minimum absolute atomic E-state index is 0.0195. The molecule has 1 aromatic carbocycles. The molecule has 1 aliphatic heterocycles. The summed E-state index contributed by atoms with van der Waals surface area (Å²) in [5.41, 5.74) is 1.78. The first-order valence-corrected chi connectivity index (χ1v) is 8.97. The third kappa shape index (κ3) is 4.71. The molecule has 150 valence electrons. The number of H-pyrrole nitrogens is 1. The summed E-state index contributed by atoms with van der Waals surface area (Å²) >= 11 is 0. The number of benzene rings is 1. The molecule has 28 heavy (non-hydrogen) atoms. The Bertz CT molecular complexity index is 827. The number of nitrogens with zero attached hydrogens (tertiary/aromatic N) is 3. The van der Waals surface area contributed by atoms with Crippen molar-refractivity contribution in [2.75, 3.05) is 25.0 Å². The van der Waals surface area contributed by atoms with Crippen LogP contribution in [-0.4, -0.2) is 53.2 Å². The largest absolute Gasteiger partial charge is 0.397 e. The van der Waals surface area contributed by atoms with Crippen LogP contribution in [0.1, 0.15) is 41.4 Å². The maximum absolute atomic E-state index is 12.6. The van der Waals surface area contributed by atoms with Crippen LogP contribution < -0.4 is 4.90 Å². The Balaban J connectivity index is 1.59. The highest BCUT2D eigenvalue weighted by atomic mass is 19.4. The van der Waals surface area contributed by atoms with E-state index in [1.54, 1.807) is 13.1 Å². The number of anilines is 1. The first-order valence-electron chi connectivity index (χ1n) is 8.97. The van der Waals surface area contributed by atoms with Crippen LogP contribution in [0.15, 0.2) is 36.4 Å². The van der Waals surface area contributed by atoms with Gasteiger partial charge in [-0.2, -0.15) is 18.3 Å². The lowest BCUT2D eigenvalue weighted by Gasteiger charge is -2.31. The smallest absolute Gasteiger partial charge is 0.342 e. The van der Waals surface area contributed by atoms with Gasteiger partial charge in [-0.05, 0) is 31.0 Å². The molecule has 2 heterocycles. The Labute approximate surface area is 160 Å². The number of carbonyl (C=O) groups is 2. The van der Waals surface area contributed by atoms with Gasteiger partial charge in [0.2, 0.25) is 5.91 Å². The van der Waals surface area contributed by atoms with E-state index in [0.717, 1.165) is 11.4 Å². The molecule has 1 aromatic heterocycles. The minimum atomic E-state index is -4.49. The van der Waals surface area contributed by atoms with Gasteiger partial charge < -0.3 is 9.80 Å². The van der Waals surface area contributed by atoms with Gasteiger partial charge in [-0.15, -0.1) is 0 Å². The zero-order valence-corrected chi connectivity index (χ0v) is 15.4. The van der Waals surface area contributed by atoms with Crippen LogP contribution in [0.4, 0.5) is 18.9 Å². The number of aromatic nitrogens is 2. The van der Waals surface area contributed by atoms with Crippen LogP contribution in [0.2, 0.25) is 0 Å². The van der Waals surface area contributed by atoms with Gasteiger partial charge in [0, 0.05) is 37.4 Å². The Kier molecular flexibility index (Phi) is 5.71. The van der Waals surface area contributed by atoms with E-state index in [4.69, 9.17) is 0 Å². The van der Waals surface area contributed by atoms with Crippen LogP contribution in [0.5, 0.6) is 0 Å². The van der Waals surface area contributed by atoms with E-state index in [2.05, 4.69) is 10.2 Å². The van der Waals surface area contributed by atoms with Gasteiger partial charge in [-0.3, -0.25) is 14.7 Å². The highest BCUT2D eigenvalue weighted by molar-refractivity contribution is 6.04. The van der Waals surface area contributed by atoms with Crippen molar-refractivity contribution in [2.24, 2.45) is 0 Å². The second-order valence-corrected chi connectivity index (χ2v) is 6.86. The van der Waals surface area contributed by atoms with Gasteiger partial charge in [0.1, 0.15) is 6.42 Å². The molecule has 0 atom stereocenters. The number of aromatic amines is 1. The standard InChI is InChI=1S/C19H21F3N4O2/c1-25(14-5-3-2-4-6-14)18(28)16-11-15(23-24-16)13-7-9-26(10-8-13)17(27)12-19(20,21)22/h2-6,11,13H,7-10,12H2,1H3,(H,23,24). The molecule has 1 fully saturated rings. The van der Waals surface area contributed by atoms with Crippen molar-refractivity contribution in [1.82, 2.24) is 15.1 Å². The zero-order valence-electron chi connectivity index (χ0n) is 15.4. The number of carbonyl (C=O) groups excluding carboxylic acids is 2. The molecule has 0 saturated carbocycles. The number of piperidine rings is 1. The minimum Gasteiger partial charge on any atom is -0.342 e. The number of likely N-dealkylation sites (tertiary alicyclic amines) is 1. The van der Waals surface area contributed by atoms with Gasteiger partial charge in [0.05, 0.1) is 0 Å². The fourth-order valence-corrected chi connectivity index (χ4v) is 3.32. The van der Waals surface area contributed by atoms with Crippen molar-refractivity contribution in [1.29, 1.82) is 0 Å². The third-order valence-electron chi connectivity index (χ3n) is 4.90. The van der Waals surface area contributed by atoms with E-state index in [0.29, 0.717) is 12.8 Å². The Hall–Kier alpha value is -2.84. The SMILES string of the molecule is CN(C(=O)c1cc(C2CCN(C(=O)CC(F)(F)F)CC2)[nH]n1)c1ccccc1. The first-order chi connectivity index (χ1) is 13.2. The highest BCUT2D eigenvalue weighted by Gasteiger charge is 2.35. The molecule has 2 amide bonds. The molecule has 0 unspecified atom stereocenters. The average molecular weight is 394 g/mol. The van der Waals surface area contributed by atoms with Crippen LogP contribution >= 0.6 is 0 Å². The summed E-state index contributed by atoms with van der Waals surface area (Å²) in [5.74, 6) is -1.13. The number of para-hydroxylation sites is 1. The van der Waals surface area contributed by atoms with Crippen molar-refractivity contribution < 1.29 is 22.8 Å². The average Bonchev–Trinajstić information content (AvgIpc) is 3.16. The maximum atomic E-state index is 12.6. The third-order valence-corrected chi connectivity index (χ3v) is 4.90. The molecule has 0 radical (unpaired) electrons. The van der Waals surface area contributed by atoms with E-state index >= 15 is 0 Å². The monoisotopic (exact) mass is 394 g/mol. The summed E-state index contributed by atoms with van der Waals surface area (Å²) < 4.78 is 37.1. The predicted molar refractivity (Wildman–Crippen MR) is 97.0 cm³/mol. The van der Waals surface area contributed by atoms with Crippen molar-refractivity contribution >= 4 is 17.5 Å². The molecular weight excluding hydrogens is 373 g/mol. The second-order valence-electron chi connectivity index (χ2n) is 6.86. The summed E-state index contributed by atoms with van der Waals surface area (Å²) in [6.07, 6.45) is -4.87. The van der Waals surface area contributed by atoms with Gasteiger partial charge in [-0.25, -0.2) is 0 Å². The molecule has 0 aliphatic carbocycles. The Morgan fingerprint density at radius 2 is 1.86 bits per heavy atom. The van der Waals surface area contributed by atoms with Gasteiger partial charge in [0.15, 0.2) is 5.69 Å². The molecule has 3 rings (SSSR count). The molecule has 0 bridgehead atoms. The molecule has 2 aromatic rings. The molecule has 1 aliphatic rings. The fraction of sp³-hybridized carbons (Fsp3) is 0.421. The van der Waals surface area contributed by atoms with E-state index in [-0.39, 0.29) is 30.6 Å². The zero-order chi connectivity index (χ0) is 20.3. The molecule has 0 spiro atoms. The van der Waals surface area contributed by atoms with E-state index < -0.39 is 18.5 Å². The topological polar surface area (TPSA) is 69.3 Å². The number of halogens is 3. The molecule has 6 nitrogen and oxygen atoms in total. The first kappa shape index (κ1) is 19.9. The number of hydrogen-bond donors (Lipinski definition) is 1. The number of hydrogen-bond acceptors (Lipinski definition) is 3. The Morgan fingerprint density at radius 1 is 1.21 bits per heavy atom. The van der Waals surface area contributed by atoms with Crippen molar-refractivity contribution in [2.45, 2.75) is 31.4 Å². The van der Waals surface area contributed by atoms with E-state index in [9.17, 15) is 22.8 Å². The number of alkyl halides is 3. The lowest BCUT2D eigenvalue weighted by atomic mass is 9.93. The lowest BCUT2D eigenvalue weighted by molar-refractivity contribution is -0.162. The lowest BCUT2D eigenvalue weighted by Crippen LogP contribution is -2.39. The highest BCUT2D eigenvalue weighted by Crippen LogP contribution is 2.29. The number of amides is 2. The molecular formula is C19H21F3N4O2. The van der Waals surface area contributed by atoms with Crippen molar-refractivity contribution in [3.8, 4) is 0 Å². The van der Waals surface area contributed by atoms with Crippen LogP contribution in [-0.2, 0) is 4.79 Å². The fourth-order valence-electron chi connectivity index (χ4n) is 3.32. The van der Waals surface area contributed by atoms with Crippen LogP contribution in [0, 0.1) is 0 Å². The van der Waals surface area contributed by atoms with Gasteiger partial charge in [-0.1, -0.05) is 18.2 Å². The quantitative estimate of drug-likeness (QED) is 0.865. The maximum Gasteiger partial charge on any atom is 0.397 e. The summed E-state index contributed by atoms with van der Waals surface area (Å²) in [4.78, 5) is 27.0. The summed E-state index contributed by atoms with van der Waals surface area (Å²) in [6, 6.07) is 10.9. The molecule has 1 N–H and O–H groups in total. The molecule has 1 saturated heterocycles. The van der Waals surface area contributed by atoms with Crippen molar-refractivity contribution in [3.05, 3.63) is 47.8 Å². The van der Waals surface area contributed by atoms with Crippen LogP contribution in [0.3, 0.4) is 0 Å². The molecule has 9 heteroatoms. The predicted octanol–water partition coefficient (Wildman–Crippen LogP) is 3.34. The van der Waals surface area contributed by atoms with E-state index in [1.807, 2.05) is 30.3 Å². The summed E-state index contributed by atoms with van der Waals surface area (Å²) in [5, 5.41) is 6.96. The normalized spacial score (nSPS) is 15.5.